The van der Waals surface area contributed by atoms with E-state index in [1.807, 2.05) is 24.3 Å². The van der Waals surface area contributed by atoms with E-state index in [1.165, 1.54) is 12.5 Å². The molecule has 0 spiro atoms. The summed E-state index contributed by atoms with van der Waals surface area (Å²) >= 11 is 5.11. The maximum Gasteiger partial charge on any atom is 0.264 e. The molecule has 6 nitrogen and oxygen atoms in total. The predicted molar refractivity (Wildman–Crippen MR) is 106 cm³/mol. The first-order valence-corrected chi connectivity index (χ1v) is 8.57. The van der Waals surface area contributed by atoms with Gasteiger partial charge in [0.2, 0.25) is 5.91 Å². The van der Waals surface area contributed by atoms with E-state index in [1.54, 1.807) is 24.3 Å². The van der Waals surface area contributed by atoms with Crippen LogP contribution >= 0.6 is 12.2 Å². The van der Waals surface area contributed by atoms with Gasteiger partial charge >= 0.3 is 0 Å². The second-order valence-corrected chi connectivity index (χ2v) is 5.96. The van der Waals surface area contributed by atoms with Crippen LogP contribution in [0.2, 0.25) is 0 Å². The summed E-state index contributed by atoms with van der Waals surface area (Å²) in [6.45, 7) is 3.39. The van der Waals surface area contributed by atoms with Crippen molar-refractivity contribution in [2.24, 2.45) is 0 Å². The first-order valence-electron chi connectivity index (χ1n) is 8.16. The number of hydrogen-bond donors (Lipinski definition) is 3. The highest BCUT2D eigenvalue weighted by molar-refractivity contribution is 7.80. The molecule has 2 amide bonds. The van der Waals surface area contributed by atoms with E-state index in [2.05, 4.69) is 22.9 Å². The van der Waals surface area contributed by atoms with Gasteiger partial charge in [0.1, 0.15) is 5.75 Å². The average Bonchev–Trinajstić information content (AvgIpc) is 2.61. The maximum absolute atomic E-state index is 11.9. The van der Waals surface area contributed by atoms with Crippen LogP contribution in [0.25, 0.3) is 0 Å². The Labute approximate surface area is 157 Å². The molecule has 0 aliphatic rings. The summed E-state index contributed by atoms with van der Waals surface area (Å²) in [5, 5.41) is 8.30. The highest BCUT2D eigenvalue weighted by Crippen LogP contribution is 2.14. The Morgan fingerprint density at radius 1 is 0.962 bits per heavy atom. The van der Waals surface area contributed by atoms with Crippen molar-refractivity contribution >= 4 is 40.5 Å². The molecule has 0 unspecified atom stereocenters. The summed E-state index contributed by atoms with van der Waals surface area (Å²) in [5.74, 6) is 0.138. The lowest BCUT2D eigenvalue weighted by atomic mass is 10.2. The smallest absolute Gasteiger partial charge is 0.264 e. The van der Waals surface area contributed by atoms with E-state index in [4.69, 9.17) is 17.0 Å². The SMILES string of the molecule is CCc1ccc(OCC(=O)NC(=S)Nc2ccc(NC(C)=O)cc2)cc1. The van der Waals surface area contributed by atoms with Crippen molar-refractivity contribution in [3.8, 4) is 5.75 Å². The molecular formula is C19H21N3O3S. The number of carbonyl (C=O) groups excluding carboxylic acids is 2. The van der Waals surface area contributed by atoms with Crippen LogP contribution in [0.5, 0.6) is 5.75 Å². The maximum atomic E-state index is 11.9. The van der Waals surface area contributed by atoms with Crippen LogP contribution in [0.3, 0.4) is 0 Å². The lowest BCUT2D eigenvalue weighted by molar-refractivity contribution is -0.121. The van der Waals surface area contributed by atoms with Crippen molar-refractivity contribution in [2.75, 3.05) is 17.2 Å². The average molecular weight is 371 g/mol. The molecule has 0 fully saturated rings. The Morgan fingerprint density at radius 3 is 2.08 bits per heavy atom. The molecule has 0 aliphatic carbocycles. The van der Waals surface area contributed by atoms with Gasteiger partial charge in [0.05, 0.1) is 0 Å². The molecule has 3 N–H and O–H groups in total. The fourth-order valence-electron chi connectivity index (χ4n) is 2.14. The minimum absolute atomic E-state index is 0.130. The molecule has 136 valence electrons. The number of aryl methyl sites for hydroxylation is 1. The molecule has 0 bridgehead atoms. The summed E-state index contributed by atoms with van der Waals surface area (Å²) in [7, 11) is 0. The number of amides is 2. The van der Waals surface area contributed by atoms with Crippen LogP contribution in [0.15, 0.2) is 48.5 Å². The molecule has 7 heteroatoms. The van der Waals surface area contributed by atoms with Gasteiger partial charge in [-0.1, -0.05) is 19.1 Å². The largest absolute Gasteiger partial charge is 0.484 e. The van der Waals surface area contributed by atoms with Crippen LogP contribution in [-0.2, 0) is 16.0 Å². The van der Waals surface area contributed by atoms with Gasteiger partial charge in [-0.2, -0.15) is 0 Å². The molecule has 2 aromatic carbocycles. The molecule has 0 radical (unpaired) electrons. The summed E-state index contributed by atoms with van der Waals surface area (Å²) in [6.07, 6.45) is 0.951. The third kappa shape index (κ3) is 6.52. The van der Waals surface area contributed by atoms with Gasteiger partial charge < -0.3 is 15.4 Å². The zero-order valence-corrected chi connectivity index (χ0v) is 15.5. The Bertz CT molecular complexity index is 774. The molecule has 2 rings (SSSR count). The topological polar surface area (TPSA) is 79.5 Å². The van der Waals surface area contributed by atoms with Gasteiger partial charge in [-0.3, -0.25) is 14.9 Å². The minimum Gasteiger partial charge on any atom is -0.484 e. The summed E-state index contributed by atoms with van der Waals surface area (Å²) in [4.78, 5) is 22.9. The quantitative estimate of drug-likeness (QED) is 0.680. The number of nitrogens with one attached hydrogen (secondary N) is 3. The van der Waals surface area contributed by atoms with Gasteiger partial charge in [0.15, 0.2) is 11.7 Å². The summed E-state index contributed by atoms with van der Waals surface area (Å²) in [6, 6.07) is 14.5. The molecule has 0 atom stereocenters. The van der Waals surface area contributed by atoms with Crippen LogP contribution in [0, 0.1) is 0 Å². The Balaban J connectivity index is 1.77. The van der Waals surface area contributed by atoms with Crippen molar-refractivity contribution in [3.05, 3.63) is 54.1 Å². The normalized spacial score (nSPS) is 9.92. The Kier molecular flexibility index (Phi) is 7.11. The van der Waals surface area contributed by atoms with E-state index in [-0.39, 0.29) is 23.5 Å². The van der Waals surface area contributed by atoms with Gasteiger partial charge in [-0.15, -0.1) is 0 Å². The Hall–Kier alpha value is -2.93. The third-order valence-corrected chi connectivity index (χ3v) is 3.62. The molecule has 0 aromatic heterocycles. The van der Waals surface area contributed by atoms with Crippen LogP contribution in [0.4, 0.5) is 11.4 Å². The van der Waals surface area contributed by atoms with Crippen molar-refractivity contribution in [3.63, 3.8) is 0 Å². The van der Waals surface area contributed by atoms with E-state index < -0.39 is 0 Å². The molecule has 0 saturated carbocycles. The predicted octanol–water partition coefficient (Wildman–Crippen LogP) is 3.10. The number of hydrogen-bond acceptors (Lipinski definition) is 4. The van der Waals surface area contributed by atoms with E-state index >= 15 is 0 Å². The third-order valence-electron chi connectivity index (χ3n) is 3.42. The van der Waals surface area contributed by atoms with E-state index in [9.17, 15) is 9.59 Å². The molecule has 0 aliphatic heterocycles. The Morgan fingerprint density at radius 2 is 1.54 bits per heavy atom. The standard InChI is InChI=1S/C19H21N3O3S/c1-3-14-4-10-17(11-5-14)25-12-18(24)22-19(26)21-16-8-6-15(7-9-16)20-13(2)23/h4-11H,3,12H2,1-2H3,(H,20,23)(H2,21,22,24,26). The fraction of sp³-hybridized carbons (Fsp3) is 0.211. The van der Waals surface area contributed by atoms with Crippen LogP contribution in [-0.4, -0.2) is 23.5 Å². The molecule has 0 heterocycles. The lowest BCUT2D eigenvalue weighted by Gasteiger charge is -2.11. The second-order valence-electron chi connectivity index (χ2n) is 5.55. The van der Waals surface area contributed by atoms with Gasteiger partial charge in [-0.05, 0) is 60.6 Å². The molecule has 0 saturated heterocycles. The van der Waals surface area contributed by atoms with Gasteiger partial charge in [0, 0.05) is 18.3 Å². The first-order chi connectivity index (χ1) is 12.5. The highest BCUT2D eigenvalue weighted by atomic mass is 32.1. The minimum atomic E-state index is -0.350. The highest BCUT2D eigenvalue weighted by Gasteiger charge is 2.06. The van der Waals surface area contributed by atoms with E-state index in [0.717, 1.165) is 6.42 Å². The van der Waals surface area contributed by atoms with Gasteiger partial charge in [-0.25, -0.2) is 0 Å². The fourth-order valence-corrected chi connectivity index (χ4v) is 2.37. The van der Waals surface area contributed by atoms with Crippen molar-refractivity contribution in [2.45, 2.75) is 20.3 Å². The lowest BCUT2D eigenvalue weighted by Crippen LogP contribution is -2.37. The number of thiocarbonyl (C=S) groups is 1. The van der Waals surface area contributed by atoms with Crippen molar-refractivity contribution < 1.29 is 14.3 Å². The number of ether oxygens (including phenoxy) is 1. The second kappa shape index (κ2) is 9.53. The summed E-state index contributed by atoms with van der Waals surface area (Å²) in [5.41, 5.74) is 2.58. The zero-order chi connectivity index (χ0) is 18.9. The molecule has 2 aromatic rings. The van der Waals surface area contributed by atoms with Crippen LogP contribution in [0.1, 0.15) is 19.4 Å². The van der Waals surface area contributed by atoms with Crippen molar-refractivity contribution in [1.29, 1.82) is 0 Å². The number of benzene rings is 2. The van der Waals surface area contributed by atoms with Gasteiger partial charge in [0.25, 0.3) is 5.91 Å². The molecule has 26 heavy (non-hydrogen) atoms. The molecular weight excluding hydrogens is 350 g/mol. The number of carbonyl (C=O) groups is 2. The first kappa shape index (κ1) is 19.4. The van der Waals surface area contributed by atoms with Crippen molar-refractivity contribution in [1.82, 2.24) is 5.32 Å². The van der Waals surface area contributed by atoms with Crippen LogP contribution < -0.4 is 20.7 Å². The number of rotatable bonds is 6. The summed E-state index contributed by atoms with van der Waals surface area (Å²) < 4.78 is 5.43. The zero-order valence-electron chi connectivity index (χ0n) is 14.7. The number of anilines is 2. The monoisotopic (exact) mass is 371 g/mol. The van der Waals surface area contributed by atoms with E-state index in [0.29, 0.717) is 17.1 Å².